The monoisotopic (exact) mass is 197 g/mol. The van der Waals surface area contributed by atoms with Crippen molar-refractivity contribution in [3.8, 4) is 0 Å². The van der Waals surface area contributed by atoms with Crippen LogP contribution >= 0.6 is 0 Å². The highest BCUT2D eigenvalue weighted by Gasteiger charge is 1.97. The number of hydrogen-bond acceptors (Lipinski definition) is 3. The summed E-state index contributed by atoms with van der Waals surface area (Å²) in [7, 11) is 1.87. The Hall–Kier alpha value is -1.36. The normalized spacial score (nSPS) is 10.4. The molecule has 2 N–H and O–H groups in total. The van der Waals surface area contributed by atoms with Gasteiger partial charge in [0, 0.05) is 26.2 Å². The summed E-state index contributed by atoms with van der Waals surface area (Å²) in [6, 6.07) is 1.93. The van der Waals surface area contributed by atoms with Gasteiger partial charge in [-0.15, -0.1) is 0 Å². The number of aromatic nitrogens is 2. The van der Waals surface area contributed by atoms with Gasteiger partial charge in [0.05, 0.1) is 5.69 Å². The van der Waals surface area contributed by atoms with Crippen LogP contribution in [0.5, 0.6) is 0 Å². The average Bonchev–Trinajstić information content (AvgIpc) is 2.50. The predicted molar refractivity (Wildman–Crippen MR) is 51.8 cm³/mol. The van der Waals surface area contributed by atoms with Gasteiger partial charge < -0.3 is 10.4 Å². The van der Waals surface area contributed by atoms with Crippen molar-refractivity contribution in [3.63, 3.8) is 0 Å². The maximum atomic E-state index is 10.2. The van der Waals surface area contributed by atoms with Gasteiger partial charge in [-0.2, -0.15) is 5.10 Å². The second kappa shape index (κ2) is 5.39. The molecule has 0 saturated heterocycles. The summed E-state index contributed by atoms with van der Waals surface area (Å²) in [4.78, 5) is 10.2. The third kappa shape index (κ3) is 4.04. The number of carboxylic acids is 1. The summed E-state index contributed by atoms with van der Waals surface area (Å²) in [6.07, 6.45) is 2.76. The highest BCUT2D eigenvalue weighted by atomic mass is 16.4. The predicted octanol–water partition coefficient (Wildman–Crippen LogP) is 0.374. The van der Waals surface area contributed by atoms with Crippen LogP contribution in [0.3, 0.4) is 0 Å². The highest BCUT2D eigenvalue weighted by Crippen LogP contribution is 1.93. The van der Waals surface area contributed by atoms with Crippen LogP contribution in [0.2, 0.25) is 0 Å². The molecule has 0 aromatic carbocycles. The van der Waals surface area contributed by atoms with Crippen LogP contribution in [0.15, 0.2) is 12.3 Å². The molecular weight excluding hydrogens is 182 g/mol. The van der Waals surface area contributed by atoms with Crippen LogP contribution in [0, 0.1) is 0 Å². The zero-order valence-electron chi connectivity index (χ0n) is 8.23. The van der Waals surface area contributed by atoms with Crippen LogP contribution in [-0.4, -0.2) is 27.4 Å². The van der Waals surface area contributed by atoms with E-state index in [0.29, 0.717) is 19.5 Å². The number of carboxylic acid groups (broad SMARTS) is 1. The fourth-order valence-electron chi connectivity index (χ4n) is 1.14. The molecule has 5 heteroatoms. The van der Waals surface area contributed by atoms with Gasteiger partial charge in [-0.05, 0) is 19.0 Å². The zero-order valence-corrected chi connectivity index (χ0v) is 8.23. The van der Waals surface area contributed by atoms with Crippen molar-refractivity contribution in [1.82, 2.24) is 15.1 Å². The first-order valence-electron chi connectivity index (χ1n) is 4.59. The molecule has 0 spiro atoms. The third-order valence-electron chi connectivity index (χ3n) is 1.82. The lowest BCUT2D eigenvalue weighted by molar-refractivity contribution is -0.137. The summed E-state index contributed by atoms with van der Waals surface area (Å²) in [5.41, 5.74) is 0.975. The maximum absolute atomic E-state index is 10.2. The quantitative estimate of drug-likeness (QED) is 0.647. The molecule has 78 valence electrons. The van der Waals surface area contributed by atoms with Crippen molar-refractivity contribution in [2.45, 2.75) is 19.4 Å². The lowest BCUT2D eigenvalue weighted by Gasteiger charge is -2.00. The SMILES string of the molecule is Cn1ccc(CNCCCC(=O)O)n1. The lowest BCUT2D eigenvalue weighted by Crippen LogP contribution is -2.16. The second-order valence-corrected chi connectivity index (χ2v) is 3.15. The average molecular weight is 197 g/mol. The number of hydrogen-bond donors (Lipinski definition) is 2. The summed E-state index contributed by atoms with van der Waals surface area (Å²) < 4.78 is 1.74. The Morgan fingerprint density at radius 3 is 3.07 bits per heavy atom. The first-order chi connectivity index (χ1) is 6.68. The van der Waals surface area contributed by atoms with Gasteiger partial charge in [0.2, 0.25) is 0 Å². The van der Waals surface area contributed by atoms with Gasteiger partial charge >= 0.3 is 5.97 Å². The number of carbonyl (C=O) groups is 1. The lowest BCUT2D eigenvalue weighted by atomic mass is 10.3. The summed E-state index contributed by atoms with van der Waals surface area (Å²) >= 11 is 0. The van der Waals surface area contributed by atoms with Crippen molar-refractivity contribution >= 4 is 5.97 Å². The first-order valence-corrected chi connectivity index (χ1v) is 4.59. The smallest absolute Gasteiger partial charge is 0.303 e. The molecule has 1 rings (SSSR count). The van der Waals surface area contributed by atoms with Crippen molar-refractivity contribution in [3.05, 3.63) is 18.0 Å². The molecule has 0 bridgehead atoms. The van der Waals surface area contributed by atoms with E-state index in [2.05, 4.69) is 10.4 Å². The molecule has 0 aliphatic rings. The molecule has 0 aliphatic carbocycles. The maximum Gasteiger partial charge on any atom is 0.303 e. The molecule has 0 atom stereocenters. The van der Waals surface area contributed by atoms with E-state index in [1.54, 1.807) is 4.68 Å². The molecule has 0 radical (unpaired) electrons. The van der Waals surface area contributed by atoms with Gasteiger partial charge in [-0.25, -0.2) is 0 Å². The minimum Gasteiger partial charge on any atom is -0.481 e. The number of aliphatic carboxylic acids is 1. The van der Waals surface area contributed by atoms with E-state index in [1.165, 1.54) is 0 Å². The molecule has 1 aromatic rings. The van der Waals surface area contributed by atoms with Crippen molar-refractivity contribution in [1.29, 1.82) is 0 Å². The van der Waals surface area contributed by atoms with Crippen molar-refractivity contribution in [2.75, 3.05) is 6.54 Å². The van der Waals surface area contributed by atoms with E-state index in [0.717, 1.165) is 5.69 Å². The standard InChI is InChI=1S/C9H15N3O2/c1-12-6-4-8(11-12)7-10-5-2-3-9(13)14/h4,6,10H,2-3,5,7H2,1H3,(H,13,14). The fourth-order valence-corrected chi connectivity index (χ4v) is 1.14. The minimum atomic E-state index is -0.746. The Bertz CT molecular complexity index is 296. The van der Waals surface area contributed by atoms with Crippen LogP contribution in [0.4, 0.5) is 0 Å². The van der Waals surface area contributed by atoms with E-state index in [1.807, 2.05) is 19.3 Å². The molecular formula is C9H15N3O2. The van der Waals surface area contributed by atoms with E-state index in [9.17, 15) is 4.79 Å². The van der Waals surface area contributed by atoms with Crippen LogP contribution in [-0.2, 0) is 18.4 Å². The molecule has 0 fully saturated rings. The first kappa shape index (κ1) is 10.7. The molecule has 14 heavy (non-hydrogen) atoms. The Labute approximate surface area is 82.7 Å². The van der Waals surface area contributed by atoms with Gasteiger partial charge in [-0.3, -0.25) is 9.48 Å². The Morgan fingerprint density at radius 2 is 2.50 bits per heavy atom. The minimum absolute atomic E-state index is 0.217. The topological polar surface area (TPSA) is 67.2 Å². The number of rotatable bonds is 6. The van der Waals surface area contributed by atoms with E-state index in [4.69, 9.17) is 5.11 Å². The summed E-state index contributed by atoms with van der Waals surface area (Å²) in [5.74, 6) is -0.746. The number of nitrogens with one attached hydrogen (secondary N) is 1. The van der Waals surface area contributed by atoms with E-state index >= 15 is 0 Å². The van der Waals surface area contributed by atoms with Crippen LogP contribution in [0.1, 0.15) is 18.5 Å². The molecule has 5 nitrogen and oxygen atoms in total. The van der Waals surface area contributed by atoms with Crippen LogP contribution < -0.4 is 5.32 Å². The molecule has 0 amide bonds. The third-order valence-corrected chi connectivity index (χ3v) is 1.82. The van der Waals surface area contributed by atoms with Gasteiger partial charge in [0.1, 0.15) is 0 Å². The molecule has 1 aromatic heterocycles. The Kier molecular flexibility index (Phi) is 4.12. The van der Waals surface area contributed by atoms with Gasteiger partial charge in [-0.1, -0.05) is 0 Å². The molecule has 1 heterocycles. The Morgan fingerprint density at radius 1 is 1.71 bits per heavy atom. The van der Waals surface area contributed by atoms with Gasteiger partial charge in [0.15, 0.2) is 0 Å². The zero-order chi connectivity index (χ0) is 10.4. The number of nitrogens with zero attached hydrogens (tertiary/aromatic N) is 2. The van der Waals surface area contributed by atoms with E-state index in [-0.39, 0.29) is 6.42 Å². The fraction of sp³-hybridized carbons (Fsp3) is 0.556. The van der Waals surface area contributed by atoms with Gasteiger partial charge in [0.25, 0.3) is 0 Å². The summed E-state index contributed by atoms with van der Waals surface area (Å²) in [6.45, 7) is 1.41. The Balaban J connectivity index is 2.07. The van der Waals surface area contributed by atoms with Crippen molar-refractivity contribution < 1.29 is 9.90 Å². The second-order valence-electron chi connectivity index (χ2n) is 3.15. The highest BCUT2D eigenvalue weighted by molar-refractivity contribution is 5.66. The van der Waals surface area contributed by atoms with Crippen molar-refractivity contribution in [2.24, 2.45) is 7.05 Å². The number of aryl methyl sites for hydroxylation is 1. The molecule has 0 aliphatic heterocycles. The van der Waals surface area contributed by atoms with Crippen LogP contribution in [0.25, 0.3) is 0 Å². The summed E-state index contributed by atoms with van der Waals surface area (Å²) in [5, 5.41) is 15.7. The molecule has 0 unspecified atom stereocenters. The molecule has 0 saturated carbocycles. The van der Waals surface area contributed by atoms with E-state index < -0.39 is 5.97 Å². The largest absolute Gasteiger partial charge is 0.481 e.